The Labute approximate surface area is 80.0 Å². The maximum atomic E-state index is 9.75. The second kappa shape index (κ2) is 4.40. The fourth-order valence-corrected chi connectivity index (χ4v) is 1.68. The van der Waals surface area contributed by atoms with Crippen LogP contribution >= 0.6 is 0 Å². The molecule has 0 bridgehead atoms. The summed E-state index contributed by atoms with van der Waals surface area (Å²) in [7, 11) is 0. The van der Waals surface area contributed by atoms with Crippen LogP contribution < -0.4 is 0 Å². The van der Waals surface area contributed by atoms with Gasteiger partial charge in [0.2, 0.25) is 0 Å². The number of aliphatic hydroxyl groups is 1. The van der Waals surface area contributed by atoms with E-state index < -0.39 is 12.4 Å². The van der Waals surface area contributed by atoms with Gasteiger partial charge in [-0.3, -0.25) is 0 Å². The largest absolute Gasteiger partial charge is 0.388 e. The van der Waals surface area contributed by atoms with E-state index in [4.69, 9.17) is 9.47 Å². The zero-order valence-electron chi connectivity index (χ0n) is 8.86. The molecule has 13 heavy (non-hydrogen) atoms. The molecule has 1 fully saturated rings. The molecule has 1 aliphatic heterocycles. The van der Waals surface area contributed by atoms with Gasteiger partial charge in [0.05, 0.1) is 12.2 Å². The van der Waals surface area contributed by atoms with Crippen molar-refractivity contribution in [1.82, 2.24) is 0 Å². The van der Waals surface area contributed by atoms with E-state index in [9.17, 15) is 5.11 Å². The number of aliphatic hydroxyl groups excluding tert-OH is 1. The lowest BCUT2D eigenvalue weighted by molar-refractivity contribution is -0.262. The van der Waals surface area contributed by atoms with Crippen molar-refractivity contribution in [2.75, 3.05) is 0 Å². The van der Waals surface area contributed by atoms with Crippen LogP contribution in [0.3, 0.4) is 0 Å². The van der Waals surface area contributed by atoms with Gasteiger partial charge in [-0.25, -0.2) is 0 Å². The molecule has 0 aromatic rings. The molecule has 0 unspecified atom stereocenters. The van der Waals surface area contributed by atoms with Crippen LogP contribution in [0.15, 0.2) is 0 Å². The van der Waals surface area contributed by atoms with Gasteiger partial charge in [-0.05, 0) is 33.1 Å². The van der Waals surface area contributed by atoms with E-state index in [1.54, 1.807) is 0 Å². The third-order valence-corrected chi connectivity index (χ3v) is 2.34. The molecule has 78 valence electrons. The summed E-state index contributed by atoms with van der Waals surface area (Å²) in [6, 6.07) is 0. The molecule has 0 aromatic carbocycles. The van der Waals surface area contributed by atoms with Crippen LogP contribution in [-0.4, -0.2) is 29.7 Å². The summed E-state index contributed by atoms with van der Waals surface area (Å²) in [5, 5.41) is 9.75. The summed E-state index contributed by atoms with van der Waals surface area (Å²) in [5.41, 5.74) is 0. The molecule has 0 spiro atoms. The predicted octanol–water partition coefficient (Wildman–Crippen LogP) is 1.54. The Morgan fingerprint density at radius 1 is 1.38 bits per heavy atom. The van der Waals surface area contributed by atoms with E-state index in [0.717, 1.165) is 6.42 Å². The van der Waals surface area contributed by atoms with Crippen molar-refractivity contribution in [1.29, 1.82) is 0 Å². The fourth-order valence-electron chi connectivity index (χ4n) is 1.68. The molecule has 4 atom stereocenters. The summed E-state index contributed by atoms with van der Waals surface area (Å²) in [6.45, 7) is 7.93. The first kappa shape index (κ1) is 11.0. The van der Waals surface area contributed by atoms with Crippen LogP contribution in [0, 0.1) is 5.92 Å². The highest BCUT2D eigenvalue weighted by Crippen LogP contribution is 2.26. The topological polar surface area (TPSA) is 38.7 Å². The molecule has 3 heteroatoms. The molecule has 0 aliphatic carbocycles. The molecule has 0 amide bonds. The molecular weight excluding hydrogens is 168 g/mol. The van der Waals surface area contributed by atoms with Crippen molar-refractivity contribution in [2.24, 2.45) is 5.92 Å². The molecule has 3 nitrogen and oxygen atoms in total. The average molecular weight is 188 g/mol. The highest BCUT2D eigenvalue weighted by Gasteiger charge is 2.34. The summed E-state index contributed by atoms with van der Waals surface area (Å²) < 4.78 is 11.0. The van der Waals surface area contributed by atoms with Crippen molar-refractivity contribution >= 4 is 0 Å². The first-order valence-electron chi connectivity index (χ1n) is 4.99. The lowest BCUT2D eigenvalue weighted by atomic mass is 9.94. The van der Waals surface area contributed by atoms with Crippen molar-refractivity contribution in [3.63, 3.8) is 0 Å². The molecule has 0 radical (unpaired) electrons. The molecule has 1 heterocycles. The average Bonchev–Trinajstić information content (AvgIpc) is 1.98. The van der Waals surface area contributed by atoms with Gasteiger partial charge in [-0.1, -0.05) is 6.92 Å². The third-order valence-electron chi connectivity index (χ3n) is 2.34. The van der Waals surface area contributed by atoms with Gasteiger partial charge in [0.15, 0.2) is 6.29 Å². The van der Waals surface area contributed by atoms with Crippen molar-refractivity contribution < 1.29 is 14.6 Å². The van der Waals surface area contributed by atoms with Gasteiger partial charge in [-0.2, -0.15) is 0 Å². The van der Waals surface area contributed by atoms with Gasteiger partial charge >= 0.3 is 0 Å². The Kier molecular flexibility index (Phi) is 3.71. The first-order chi connectivity index (χ1) is 6.00. The summed E-state index contributed by atoms with van der Waals surface area (Å²) in [5.74, 6) is 0.257. The standard InChI is InChI=1S/C10H20O3/c1-6(2)12-10-9(11)7(3)5-8(4)13-10/h6-11H,5H2,1-4H3/t7-,8+,9+,10+/m0/s1. The summed E-state index contributed by atoms with van der Waals surface area (Å²) in [4.78, 5) is 0. The number of hydrogen-bond donors (Lipinski definition) is 1. The van der Waals surface area contributed by atoms with Gasteiger partial charge < -0.3 is 14.6 Å². The Bertz CT molecular complexity index is 156. The van der Waals surface area contributed by atoms with Crippen LogP contribution in [0.5, 0.6) is 0 Å². The Morgan fingerprint density at radius 2 is 2.00 bits per heavy atom. The number of ether oxygens (including phenoxy) is 2. The molecule has 1 saturated heterocycles. The van der Waals surface area contributed by atoms with Crippen LogP contribution in [0.25, 0.3) is 0 Å². The van der Waals surface area contributed by atoms with Crippen molar-refractivity contribution in [2.45, 2.75) is 58.7 Å². The minimum atomic E-state index is -0.487. The number of hydrogen-bond acceptors (Lipinski definition) is 3. The van der Waals surface area contributed by atoms with Crippen LogP contribution in [-0.2, 0) is 9.47 Å². The number of rotatable bonds is 2. The van der Waals surface area contributed by atoms with Gasteiger partial charge in [0.1, 0.15) is 6.10 Å². The SMILES string of the molecule is CC(C)O[C@@H]1O[C@H](C)C[C@H](C)[C@H]1O. The zero-order valence-corrected chi connectivity index (χ0v) is 8.86. The predicted molar refractivity (Wildman–Crippen MR) is 50.3 cm³/mol. The molecule has 1 aliphatic rings. The van der Waals surface area contributed by atoms with Gasteiger partial charge in [0.25, 0.3) is 0 Å². The van der Waals surface area contributed by atoms with E-state index in [2.05, 4.69) is 0 Å². The van der Waals surface area contributed by atoms with E-state index in [1.165, 1.54) is 0 Å². The normalized spacial score (nSPS) is 41.1. The molecule has 1 N–H and O–H groups in total. The van der Waals surface area contributed by atoms with Crippen LogP contribution in [0.1, 0.15) is 34.1 Å². The highest BCUT2D eigenvalue weighted by molar-refractivity contribution is 4.77. The lowest BCUT2D eigenvalue weighted by Crippen LogP contribution is -2.45. The second-order valence-electron chi connectivity index (χ2n) is 4.20. The van der Waals surface area contributed by atoms with Gasteiger partial charge in [0, 0.05) is 0 Å². The second-order valence-corrected chi connectivity index (χ2v) is 4.20. The van der Waals surface area contributed by atoms with Crippen LogP contribution in [0.2, 0.25) is 0 Å². The maximum Gasteiger partial charge on any atom is 0.184 e. The fraction of sp³-hybridized carbons (Fsp3) is 1.00. The van der Waals surface area contributed by atoms with Crippen LogP contribution in [0.4, 0.5) is 0 Å². The summed E-state index contributed by atoms with van der Waals surface area (Å²) in [6.07, 6.45) is 0.246. The molecule has 1 rings (SSSR count). The van der Waals surface area contributed by atoms with Gasteiger partial charge in [-0.15, -0.1) is 0 Å². The molecule has 0 aromatic heterocycles. The smallest absolute Gasteiger partial charge is 0.184 e. The van der Waals surface area contributed by atoms with Crippen molar-refractivity contribution in [3.8, 4) is 0 Å². The first-order valence-corrected chi connectivity index (χ1v) is 4.99. The summed E-state index contributed by atoms with van der Waals surface area (Å²) >= 11 is 0. The minimum Gasteiger partial charge on any atom is -0.388 e. The highest BCUT2D eigenvalue weighted by atomic mass is 16.7. The minimum absolute atomic E-state index is 0.0946. The quantitative estimate of drug-likeness (QED) is 0.714. The lowest BCUT2D eigenvalue weighted by Gasteiger charge is -2.37. The monoisotopic (exact) mass is 188 g/mol. The van der Waals surface area contributed by atoms with E-state index in [0.29, 0.717) is 0 Å². The Balaban J connectivity index is 2.50. The Hall–Kier alpha value is -0.120. The van der Waals surface area contributed by atoms with Crippen molar-refractivity contribution in [3.05, 3.63) is 0 Å². The third kappa shape index (κ3) is 2.93. The molecular formula is C10H20O3. The zero-order chi connectivity index (χ0) is 10.0. The van der Waals surface area contributed by atoms with E-state index >= 15 is 0 Å². The van der Waals surface area contributed by atoms with E-state index in [-0.39, 0.29) is 18.1 Å². The molecule has 0 saturated carbocycles. The Morgan fingerprint density at radius 3 is 2.54 bits per heavy atom. The maximum absolute atomic E-state index is 9.75. The van der Waals surface area contributed by atoms with E-state index in [1.807, 2.05) is 27.7 Å².